The molecule has 1 aromatic carbocycles. The van der Waals surface area contributed by atoms with Crippen LogP contribution in [-0.2, 0) is 0 Å². The highest BCUT2D eigenvalue weighted by molar-refractivity contribution is 6.32. The maximum Gasteiger partial charge on any atom is 0.285 e. The van der Waals surface area contributed by atoms with Crippen LogP contribution in [0.5, 0.6) is 11.5 Å². The van der Waals surface area contributed by atoms with Crippen LogP contribution in [0.1, 0.15) is 5.56 Å². The minimum absolute atomic E-state index is 0.0141. The molecule has 0 atom stereocenters. The van der Waals surface area contributed by atoms with Crippen LogP contribution in [0.15, 0.2) is 34.3 Å². The van der Waals surface area contributed by atoms with Crippen LogP contribution in [0.2, 0.25) is 5.02 Å². The number of rotatable bonds is 5. The third-order valence-corrected chi connectivity index (χ3v) is 3.00. The molecule has 1 aromatic heterocycles. The molecule has 7 nitrogen and oxygen atoms in total. The summed E-state index contributed by atoms with van der Waals surface area (Å²) >= 11 is 5.82. The average molecular weight is 309 g/mol. The van der Waals surface area contributed by atoms with Gasteiger partial charge in [0.05, 0.1) is 26.6 Å². The number of aromatic amines is 1. The fraction of sp³-hybridized carbons (Fsp3) is 0.154. The number of H-pyrrole nitrogens is 1. The number of nitrogens with one attached hydrogen (secondary N) is 2. The van der Waals surface area contributed by atoms with Crippen molar-refractivity contribution in [2.75, 3.05) is 19.6 Å². The normalized spacial score (nSPS) is 10.6. The SMILES string of the molecule is COc1ccc(OC)c(/C=N\Nc2cn[nH]c(=O)c2Cl)c1. The van der Waals surface area contributed by atoms with Gasteiger partial charge >= 0.3 is 0 Å². The summed E-state index contributed by atoms with van der Waals surface area (Å²) in [5.74, 6) is 1.31. The molecule has 2 aromatic rings. The van der Waals surface area contributed by atoms with E-state index in [2.05, 4.69) is 20.7 Å². The van der Waals surface area contributed by atoms with Crippen molar-refractivity contribution in [3.8, 4) is 11.5 Å². The number of halogens is 1. The lowest BCUT2D eigenvalue weighted by atomic mass is 10.2. The van der Waals surface area contributed by atoms with Crippen molar-refractivity contribution in [2.24, 2.45) is 5.10 Å². The van der Waals surface area contributed by atoms with E-state index < -0.39 is 5.56 Å². The first-order chi connectivity index (χ1) is 10.2. The largest absolute Gasteiger partial charge is 0.497 e. The minimum atomic E-state index is -0.490. The molecule has 0 saturated carbocycles. The second-order valence-corrected chi connectivity index (χ2v) is 4.28. The summed E-state index contributed by atoms with van der Waals surface area (Å²) in [7, 11) is 3.13. The van der Waals surface area contributed by atoms with E-state index >= 15 is 0 Å². The molecule has 0 bridgehead atoms. The molecule has 0 amide bonds. The molecular weight excluding hydrogens is 296 g/mol. The average Bonchev–Trinajstić information content (AvgIpc) is 2.51. The lowest BCUT2D eigenvalue weighted by Gasteiger charge is -2.07. The molecule has 1 heterocycles. The molecule has 21 heavy (non-hydrogen) atoms. The Bertz CT molecular complexity index is 715. The molecular formula is C13H13ClN4O3. The second-order valence-electron chi connectivity index (χ2n) is 3.90. The number of anilines is 1. The van der Waals surface area contributed by atoms with E-state index in [4.69, 9.17) is 21.1 Å². The van der Waals surface area contributed by atoms with Crippen LogP contribution >= 0.6 is 11.6 Å². The van der Waals surface area contributed by atoms with E-state index in [9.17, 15) is 4.79 Å². The molecule has 0 aliphatic heterocycles. The Morgan fingerprint density at radius 3 is 2.90 bits per heavy atom. The number of ether oxygens (including phenoxy) is 2. The van der Waals surface area contributed by atoms with Gasteiger partial charge in [-0.3, -0.25) is 10.2 Å². The summed E-state index contributed by atoms with van der Waals surface area (Å²) in [4.78, 5) is 11.3. The quantitative estimate of drug-likeness (QED) is 0.650. The van der Waals surface area contributed by atoms with Crippen molar-refractivity contribution in [1.29, 1.82) is 0 Å². The number of benzene rings is 1. The molecule has 0 fully saturated rings. The molecule has 0 spiro atoms. The van der Waals surface area contributed by atoms with Gasteiger partial charge in [0.1, 0.15) is 22.2 Å². The van der Waals surface area contributed by atoms with Crippen molar-refractivity contribution in [2.45, 2.75) is 0 Å². The smallest absolute Gasteiger partial charge is 0.285 e. The fourth-order valence-corrected chi connectivity index (χ4v) is 1.71. The lowest BCUT2D eigenvalue weighted by molar-refractivity contribution is 0.402. The van der Waals surface area contributed by atoms with E-state index in [1.165, 1.54) is 12.4 Å². The van der Waals surface area contributed by atoms with Crippen molar-refractivity contribution >= 4 is 23.5 Å². The third-order valence-electron chi connectivity index (χ3n) is 2.62. The van der Waals surface area contributed by atoms with Gasteiger partial charge in [-0.25, -0.2) is 5.10 Å². The third kappa shape index (κ3) is 3.51. The highest BCUT2D eigenvalue weighted by Crippen LogP contribution is 2.22. The zero-order valence-corrected chi connectivity index (χ0v) is 12.1. The van der Waals surface area contributed by atoms with Gasteiger partial charge in [-0.1, -0.05) is 11.6 Å². The lowest BCUT2D eigenvalue weighted by Crippen LogP contribution is -2.10. The summed E-state index contributed by atoms with van der Waals surface area (Å²) in [6.45, 7) is 0. The van der Waals surface area contributed by atoms with Crippen molar-refractivity contribution in [3.63, 3.8) is 0 Å². The summed E-state index contributed by atoms with van der Waals surface area (Å²) in [5, 5.41) is 9.84. The predicted octanol–water partition coefficient (Wildman–Crippen LogP) is 1.89. The molecule has 2 rings (SSSR count). The van der Waals surface area contributed by atoms with Gasteiger partial charge in [0.25, 0.3) is 5.56 Å². The summed E-state index contributed by atoms with van der Waals surface area (Å²) < 4.78 is 10.4. The summed E-state index contributed by atoms with van der Waals surface area (Å²) in [6, 6.07) is 5.31. The Hall–Kier alpha value is -2.54. The standard InChI is InChI=1S/C13H13ClN4O3/c1-20-9-3-4-11(21-2)8(5-9)6-15-17-10-7-16-18-13(19)12(10)14/h3-7H,1-2H3,(H2,17,18,19)/b15-6-. The van der Waals surface area contributed by atoms with Crippen molar-refractivity contribution in [3.05, 3.63) is 45.3 Å². The molecule has 0 saturated heterocycles. The Morgan fingerprint density at radius 2 is 2.19 bits per heavy atom. The van der Waals surface area contributed by atoms with Gasteiger partial charge in [-0.15, -0.1) is 0 Å². The zero-order chi connectivity index (χ0) is 15.2. The number of nitrogens with zero attached hydrogens (tertiary/aromatic N) is 2. The van der Waals surface area contributed by atoms with Gasteiger partial charge in [0.15, 0.2) is 0 Å². The molecule has 0 radical (unpaired) electrons. The van der Waals surface area contributed by atoms with E-state index in [-0.39, 0.29) is 5.02 Å². The Kier molecular flexibility index (Phi) is 4.78. The molecule has 0 unspecified atom stereocenters. The number of methoxy groups -OCH3 is 2. The summed E-state index contributed by atoms with van der Waals surface area (Å²) in [5.41, 5.74) is 3.17. The van der Waals surface area contributed by atoms with Gasteiger partial charge in [0, 0.05) is 5.56 Å². The maximum atomic E-state index is 11.3. The minimum Gasteiger partial charge on any atom is -0.497 e. The molecule has 110 valence electrons. The Morgan fingerprint density at radius 1 is 1.38 bits per heavy atom. The molecule has 0 aliphatic rings. The Labute approximate surface area is 125 Å². The molecule has 8 heteroatoms. The fourth-order valence-electron chi connectivity index (χ4n) is 1.57. The molecule has 0 aliphatic carbocycles. The topological polar surface area (TPSA) is 88.6 Å². The van der Waals surface area contributed by atoms with Crippen LogP contribution in [0.4, 0.5) is 5.69 Å². The number of hydrazone groups is 1. The van der Waals surface area contributed by atoms with Crippen LogP contribution in [0.3, 0.4) is 0 Å². The first-order valence-corrected chi connectivity index (χ1v) is 6.27. The van der Waals surface area contributed by atoms with E-state index in [0.717, 1.165) is 0 Å². The predicted molar refractivity (Wildman–Crippen MR) is 80.6 cm³/mol. The van der Waals surface area contributed by atoms with Crippen molar-refractivity contribution < 1.29 is 9.47 Å². The van der Waals surface area contributed by atoms with E-state index in [1.807, 2.05) is 0 Å². The van der Waals surface area contributed by atoms with Gasteiger partial charge in [-0.2, -0.15) is 10.2 Å². The first kappa shape index (κ1) is 14.9. The maximum absolute atomic E-state index is 11.3. The van der Waals surface area contributed by atoms with Crippen LogP contribution in [0, 0.1) is 0 Å². The van der Waals surface area contributed by atoms with Crippen LogP contribution in [0.25, 0.3) is 0 Å². The summed E-state index contributed by atoms with van der Waals surface area (Å²) in [6.07, 6.45) is 2.89. The van der Waals surface area contributed by atoms with Gasteiger partial charge in [0.2, 0.25) is 0 Å². The van der Waals surface area contributed by atoms with E-state index in [1.54, 1.807) is 32.4 Å². The van der Waals surface area contributed by atoms with Crippen LogP contribution < -0.4 is 20.5 Å². The van der Waals surface area contributed by atoms with Crippen molar-refractivity contribution in [1.82, 2.24) is 10.2 Å². The van der Waals surface area contributed by atoms with Gasteiger partial charge in [-0.05, 0) is 18.2 Å². The number of hydrogen-bond donors (Lipinski definition) is 2. The highest BCUT2D eigenvalue weighted by atomic mass is 35.5. The van der Waals surface area contributed by atoms with Gasteiger partial charge < -0.3 is 9.47 Å². The second kappa shape index (κ2) is 6.76. The monoisotopic (exact) mass is 308 g/mol. The Balaban J connectivity index is 2.21. The van der Waals surface area contributed by atoms with E-state index in [0.29, 0.717) is 22.7 Å². The molecule has 2 N–H and O–H groups in total. The first-order valence-electron chi connectivity index (χ1n) is 5.90. The van der Waals surface area contributed by atoms with Crippen LogP contribution in [-0.4, -0.2) is 30.6 Å². The highest BCUT2D eigenvalue weighted by Gasteiger charge is 2.04. The zero-order valence-electron chi connectivity index (χ0n) is 11.4. The number of hydrogen-bond acceptors (Lipinski definition) is 6. The number of aromatic nitrogens is 2.